The first-order valence-corrected chi connectivity index (χ1v) is 9.61. The van der Waals surface area contributed by atoms with Crippen molar-refractivity contribution in [3.63, 3.8) is 0 Å². The Balaban J connectivity index is 1.31. The van der Waals surface area contributed by atoms with Gasteiger partial charge in [0, 0.05) is 47.4 Å². The van der Waals surface area contributed by atoms with Gasteiger partial charge in [0.25, 0.3) is 5.91 Å². The normalized spacial score (nSPS) is 10.5. The van der Waals surface area contributed by atoms with Gasteiger partial charge in [-0.2, -0.15) is 5.10 Å². The van der Waals surface area contributed by atoms with E-state index in [0.29, 0.717) is 29.8 Å². The van der Waals surface area contributed by atoms with E-state index in [1.54, 1.807) is 59.7 Å². The number of carbonyl (C=O) groups excluding carboxylic acids is 2. The molecular weight excluding hydrogens is 376 g/mol. The van der Waals surface area contributed by atoms with Crippen LogP contribution in [-0.2, 0) is 6.54 Å². The van der Waals surface area contributed by atoms with Gasteiger partial charge in [0.2, 0.25) is 0 Å². The second-order valence-electron chi connectivity index (χ2n) is 6.76. The Morgan fingerprint density at radius 3 is 2.20 bits per heavy atom. The fraction of sp³-hybridized carbons (Fsp3) is 0.0833. The topological polar surface area (TPSA) is 76.9 Å². The average Bonchev–Trinajstić information content (AvgIpc) is 3.29. The number of aromatic nitrogens is 3. The quantitative estimate of drug-likeness (QED) is 0.484. The summed E-state index contributed by atoms with van der Waals surface area (Å²) in [7, 11) is 0. The lowest BCUT2D eigenvalue weighted by atomic mass is 10.0. The Morgan fingerprint density at radius 2 is 1.47 bits per heavy atom. The summed E-state index contributed by atoms with van der Waals surface area (Å²) >= 11 is 0. The average molecular weight is 396 g/mol. The van der Waals surface area contributed by atoms with Crippen LogP contribution in [0.2, 0.25) is 0 Å². The second kappa shape index (κ2) is 8.96. The van der Waals surface area contributed by atoms with E-state index in [-0.39, 0.29) is 11.7 Å². The molecule has 148 valence electrons. The third-order valence-electron chi connectivity index (χ3n) is 4.72. The van der Waals surface area contributed by atoms with Gasteiger partial charge in [-0.3, -0.25) is 19.3 Å². The van der Waals surface area contributed by atoms with E-state index in [4.69, 9.17) is 0 Å². The number of hydrogen-bond acceptors (Lipinski definition) is 4. The molecule has 0 fully saturated rings. The van der Waals surface area contributed by atoms with Crippen LogP contribution in [0.5, 0.6) is 0 Å². The molecule has 2 heterocycles. The van der Waals surface area contributed by atoms with Crippen LogP contribution >= 0.6 is 0 Å². The first kappa shape index (κ1) is 19.3. The number of benzene rings is 2. The van der Waals surface area contributed by atoms with Crippen molar-refractivity contribution in [1.29, 1.82) is 0 Å². The van der Waals surface area contributed by atoms with Crippen LogP contribution in [-0.4, -0.2) is 33.0 Å². The molecule has 0 aliphatic rings. The number of rotatable bonds is 7. The predicted octanol–water partition coefficient (Wildman–Crippen LogP) is 3.61. The third kappa shape index (κ3) is 4.50. The molecule has 4 aromatic rings. The van der Waals surface area contributed by atoms with Crippen LogP contribution in [0.4, 0.5) is 0 Å². The molecule has 6 nitrogen and oxygen atoms in total. The summed E-state index contributed by atoms with van der Waals surface area (Å²) < 4.78 is 1.79. The highest BCUT2D eigenvalue weighted by molar-refractivity contribution is 6.09. The molecule has 0 saturated carbocycles. The van der Waals surface area contributed by atoms with E-state index in [1.165, 1.54) is 0 Å². The number of nitrogens with one attached hydrogen (secondary N) is 1. The standard InChI is InChI=1S/C24H20N4O2/c29-23(19-4-2-1-3-5-19)20-6-8-21(9-7-20)24(30)26-14-15-28-17-22(16-27-28)18-10-12-25-13-11-18/h1-13,16-17H,14-15H2,(H,26,30). The lowest BCUT2D eigenvalue weighted by Crippen LogP contribution is -2.27. The zero-order chi connectivity index (χ0) is 20.8. The second-order valence-corrected chi connectivity index (χ2v) is 6.76. The van der Waals surface area contributed by atoms with Crippen molar-refractivity contribution in [3.05, 3.63) is 108 Å². The molecule has 2 aromatic carbocycles. The summed E-state index contributed by atoms with van der Waals surface area (Å²) in [6.07, 6.45) is 7.21. The van der Waals surface area contributed by atoms with Crippen LogP contribution in [0.25, 0.3) is 11.1 Å². The highest BCUT2D eigenvalue weighted by atomic mass is 16.1. The van der Waals surface area contributed by atoms with Crippen molar-refractivity contribution in [1.82, 2.24) is 20.1 Å². The van der Waals surface area contributed by atoms with Crippen LogP contribution in [0.15, 0.2) is 91.5 Å². The van der Waals surface area contributed by atoms with Crippen LogP contribution in [0.1, 0.15) is 26.3 Å². The Morgan fingerprint density at radius 1 is 0.800 bits per heavy atom. The van der Waals surface area contributed by atoms with Gasteiger partial charge in [-0.15, -0.1) is 0 Å². The van der Waals surface area contributed by atoms with Gasteiger partial charge in [0.1, 0.15) is 0 Å². The van der Waals surface area contributed by atoms with Crippen LogP contribution in [0, 0.1) is 0 Å². The van der Waals surface area contributed by atoms with Crippen molar-refractivity contribution in [2.75, 3.05) is 6.54 Å². The maximum absolute atomic E-state index is 12.4. The lowest BCUT2D eigenvalue weighted by Gasteiger charge is -2.07. The Hall–Kier alpha value is -4.06. The van der Waals surface area contributed by atoms with Gasteiger partial charge in [-0.05, 0) is 29.8 Å². The van der Waals surface area contributed by atoms with E-state index >= 15 is 0 Å². The maximum Gasteiger partial charge on any atom is 0.251 e. The number of nitrogens with zero attached hydrogens (tertiary/aromatic N) is 3. The smallest absolute Gasteiger partial charge is 0.251 e. The van der Waals surface area contributed by atoms with E-state index < -0.39 is 0 Å². The molecule has 0 saturated heterocycles. The molecule has 1 amide bonds. The minimum absolute atomic E-state index is 0.0637. The number of amides is 1. The molecule has 0 bridgehead atoms. The SMILES string of the molecule is O=C(NCCn1cc(-c2ccncc2)cn1)c1ccc(C(=O)c2ccccc2)cc1. The highest BCUT2D eigenvalue weighted by Crippen LogP contribution is 2.16. The lowest BCUT2D eigenvalue weighted by molar-refractivity contribution is 0.0950. The molecule has 30 heavy (non-hydrogen) atoms. The predicted molar refractivity (Wildman–Crippen MR) is 114 cm³/mol. The van der Waals surface area contributed by atoms with E-state index in [2.05, 4.69) is 15.4 Å². The third-order valence-corrected chi connectivity index (χ3v) is 4.72. The molecule has 2 aromatic heterocycles. The summed E-state index contributed by atoms with van der Waals surface area (Å²) in [5, 5.41) is 7.21. The maximum atomic E-state index is 12.4. The van der Waals surface area contributed by atoms with Gasteiger partial charge in [-0.25, -0.2) is 0 Å². The van der Waals surface area contributed by atoms with Gasteiger partial charge in [-0.1, -0.05) is 42.5 Å². The molecular formula is C24H20N4O2. The zero-order valence-electron chi connectivity index (χ0n) is 16.2. The zero-order valence-corrected chi connectivity index (χ0v) is 16.2. The highest BCUT2D eigenvalue weighted by Gasteiger charge is 2.10. The van der Waals surface area contributed by atoms with Crippen molar-refractivity contribution in [2.45, 2.75) is 6.54 Å². The van der Waals surface area contributed by atoms with Crippen molar-refractivity contribution >= 4 is 11.7 Å². The van der Waals surface area contributed by atoms with Crippen LogP contribution in [0.3, 0.4) is 0 Å². The monoisotopic (exact) mass is 396 g/mol. The molecule has 4 rings (SSSR count). The minimum Gasteiger partial charge on any atom is -0.350 e. The summed E-state index contributed by atoms with van der Waals surface area (Å²) in [5.41, 5.74) is 3.74. The number of pyridine rings is 1. The number of carbonyl (C=O) groups is 2. The summed E-state index contributed by atoms with van der Waals surface area (Å²) in [6, 6.07) is 19.6. The molecule has 0 aliphatic heterocycles. The first-order valence-electron chi connectivity index (χ1n) is 9.61. The Labute approximate surface area is 174 Å². The van der Waals surface area contributed by atoms with Gasteiger partial charge < -0.3 is 5.32 Å². The van der Waals surface area contributed by atoms with Gasteiger partial charge >= 0.3 is 0 Å². The number of ketones is 1. The van der Waals surface area contributed by atoms with E-state index in [9.17, 15) is 9.59 Å². The van der Waals surface area contributed by atoms with Gasteiger partial charge in [0.15, 0.2) is 5.78 Å². The van der Waals surface area contributed by atoms with E-state index in [0.717, 1.165) is 11.1 Å². The fourth-order valence-electron chi connectivity index (χ4n) is 3.09. The molecule has 0 radical (unpaired) electrons. The Kier molecular flexibility index (Phi) is 5.75. The van der Waals surface area contributed by atoms with Gasteiger partial charge in [0.05, 0.1) is 12.7 Å². The summed E-state index contributed by atoms with van der Waals surface area (Å²) in [5.74, 6) is -0.249. The molecule has 6 heteroatoms. The fourth-order valence-corrected chi connectivity index (χ4v) is 3.09. The molecule has 0 aliphatic carbocycles. The molecule has 1 N–H and O–H groups in total. The van der Waals surface area contributed by atoms with Crippen molar-refractivity contribution in [2.24, 2.45) is 0 Å². The van der Waals surface area contributed by atoms with Crippen molar-refractivity contribution < 1.29 is 9.59 Å². The molecule has 0 spiro atoms. The molecule has 0 unspecified atom stereocenters. The largest absolute Gasteiger partial charge is 0.350 e. The number of hydrogen-bond donors (Lipinski definition) is 1. The Bertz CT molecular complexity index is 1140. The minimum atomic E-state index is -0.185. The summed E-state index contributed by atoms with van der Waals surface area (Å²) in [6.45, 7) is 1.00. The first-order chi connectivity index (χ1) is 14.7. The van der Waals surface area contributed by atoms with E-state index in [1.807, 2.05) is 36.5 Å². The van der Waals surface area contributed by atoms with Crippen LogP contribution < -0.4 is 5.32 Å². The molecule has 0 atom stereocenters. The van der Waals surface area contributed by atoms with Crippen molar-refractivity contribution in [3.8, 4) is 11.1 Å². The summed E-state index contributed by atoms with van der Waals surface area (Å²) in [4.78, 5) is 28.8.